The Labute approximate surface area is 180 Å². The number of anilines is 1. The van der Waals surface area contributed by atoms with Crippen molar-refractivity contribution in [2.24, 2.45) is 5.92 Å². The lowest BCUT2D eigenvalue weighted by Crippen LogP contribution is -2.54. The van der Waals surface area contributed by atoms with Gasteiger partial charge in [0, 0.05) is 11.1 Å². The van der Waals surface area contributed by atoms with Crippen LogP contribution in [0, 0.1) is 5.92 Å². The molecule has 7 heteroatoms. The Bertz CT molecular complexity index is 1040. The zero-order valence-electron chi connectivity index (χ0n) is 17.4. The summed E-state index contributed by atoms with van der Waals surface area (Å²) in [5.74, 6) is -1.07. The van der Waals surface area contributed by atoms with Gasteiger partial charge in [0.1, 0.15) is 12.1 Å². The fourth-order valence-corrected chi connectivity index (χ4v) is 4.51. The number of hydrogen-bond acceptors (Lipinski definition) is 4. The first kappa shape index (κ1) is 20.8. The van der Waals surface area contributed by atoms with Gasteiger partial charge in [0.15, 0.2) is 5.78 Å². The third kappa shape index (κ3) is 3.83. The summed E-state index contributed by atoms with van der Waals surface area (Å²) in [5.41, 5.74) is 0.286. The van der Waals surface area contributed by atoms with Gasteiger partial charge in [-0.2, -0.15) is 0 Å². The van der Waals surface area contributed by atoms with Crippen molar-refractivity contribution in [1.82, 2.24) is 10.2 Å². The van der Waals surface area contributed by atoms with Crippen LogP contribution in [0.4, 0.5) is 10.5 Å². The number of amides is 4. The van der Waals surface area contributed by atoms with Crippen LogP contribution >= 0.6 is 0 Å². The molecule has 1 spiro atoms. The van der Waals surface area contributed by atoms with Crippen molar-refractivity contribution in [3.63, 3.8) is 0 Å². The zero-order chi connectivity index (χ0) is 22.0. The van der Waals surface area contributed by atoms with E-state index in [0.29, 0.717) is 23.2 Å². The number of para-hydroxylation sites is 1. The molecule has 0 aromatic heterocycles. The molecule has 2 atom stereocenters. The minimum atomic E-state index is -0.906. The third-order valence-electron chi connectivity index (χ3n) is 6.28. The van der Waals surface area contributed by atoms with Gasteiger partial charge in [-0.25, -0.2) is 4.79 Å². The van der Waals surface area contributed by atoms with Crippen LogP contribution in [0.3, 0.4) is 0 Å². The van der Waals surface area contributed by atoms with E-state index in [1.54, 1.807) is 48.5 Å². The first-order chi connectivity index (χ1) is 14.9. The molecule has 2 aliphatic rings. The fraction of sp³-hybridized carbons (Fsp3) is 0.333. The highest BCUT2D eigenvalue weighted by molar-refractivity contribution is 6.15. The Balaban J connectivity index is 1.49. The highest BCUT2D eigenvalue weighted by Crippen LogP contribution is 2.38. The summed E-state index contributed by atoms with van der Waals surface area (Å²) in [4.78, 5) is 52.1. The van der Waals surface area contributed by atoms with Crippen LogP contribution in [-0.4, -0.2) is 40.6 Å². The van der Waals surface area contributed by atoms with E-state index in [1.165, 1.54) is 0 Å². The third-order valence-corrected chi connectivity index (χ3v) is 6.28. The maximum Gasteiger partial charge on any atom is 0.325 e. The Morgan fingerprint density at radius 2 is 1.77 bits per heavy atom. The Morgan fingerprint density at radius 1 is 1.06 bits per heavy atom. The van der Waals surface area contributed by atoms with Crippen molar-refractivity contribution >= 4 is 29.3 Å². The van der Waals surface area contributed by atoms with E-state index in [0.717, 1.165) is 24.2 Å². The average molecular weight is 419 g/mol. The molecule has 1 saturated carbocycles. The van der Waals surface area contributed by atoms with Crippen molar-refractivity contribution in [2.75, 3.05) is 11.9 Å². The number of imide groups is 1. The van der Waals surface area contributed by atoms with Crippen molar-refractivity contribution in [3.8, 4) is 0 Å². The number of benzene rings is 2. The normalized spacial score (nSPS) is 23.0. The second kappa shape index (κ2) is 8.34. The van der Waals surface area contributed by atoms with E-state index in [2.05, 4.69) is 10.6 Å². The maximum absolute atomic E-state index is 13.1. The molecule has 1 aliphatic carbocycles. The summed E-state index contributed by atoms with van der Waals surface area (Å²) in [6.07, 6.45) is 3.34. The quantitative estimate of drug-likeness (QED) is 0.574. The summed E-state index contributed by atoms with van der Waals surface area (Å²) in [5, 5.41) is 5.54. The number of urea groups is 1. The van der Waals surface area contributed by atoms with Crippen molar-refractivity contribution in [1.29, 1.82) is 0 Å². The molecule has 1 heterocycles. The second-order valence-corrected chi connectivity index (χ2v) is 8.23. The Hall–Kier alpha value is -3.48. The van der Waals surface area contributed by atoms with Crippen LogP contribution in [0.15, 0.2) is 54.6 Å². The van der Waals surface area contributed by atoms with Gasteiger partial charge in [-0.05, 0) is 30.9 Å². The molecule has 2 aromatic rings. The molecule has 2 fully saturated rings. The number of carbonyl (C=O) groups is 4. The van der Waals surface area contributed by atoms with E-state index >= 15 is 0 Å². The summed E-state index contributed by atoms with van der Waals surface area (Å²) in [6.45, 7) is 1.57. The molecular weight excluding hydrogens is 394 g/mol. The SMILES string of the molecule is C[C@@H]1CCCC[C@@]12NC(=O)N(CC(=O)Nc1ccccc1C(=O)c1ccccc1)C2=O. The summed E-state index contributed by atoms with van der Waals surface area (Å²) in [7, 11) is 0. The lowest BCUT2D eigenvalue weighted by atomic mass is 9.73. The standard InChI is InChI=1S/C24H25N3O4/c1-16-9-7-8-14-24(16)22(30)27(23(31)26-24)15-20(28)25-19-13-6-5-12-18(19)21(29)17-10-3-2-4-11-17/h2-6,10-13,16H,7-9,14-15H2,1H3,(H,25,28)(H,26,31)/t16-,24-/m1/s1. The van der Waals surface area contributed by atoms with Gasteiger partial charge in [0.05, 0.1) is 5.69 Å². The summed E-state index contributed by atoms with van der Waals surface area (Å²) >= 11 is 0. The molecule has 0 unspecified atom stereocenters. The number of rotatable bonds is 5. The van der Waals surface area contributed by atoms with Gasteiger partial charge >= 0.3 is 6.03 Å². The Kier molecular flexibility index (Phi) is 5.59. The van der Waals surface area contributed by atoms with Gasteiger partial charge in [0.2, 0.25) is 5.91 Å². The van der Waals surface area contributed by atoms with Crippen LogP contribution in [0.5, 0.6) is 0 Å². The number of nitrogens with one attached hydrogen (secondary N) is 2. The van der Waals surface area contributed by atoms with E-state index < -0.39 is 24.0 Å². The van der Waals surface area contributed by atoms with Gasteiger partial charge in [-0.3, -0.25) is 19.3 Å². The van der Waals surface area contributed by atoms with Crippen LogP contribution < -0.4 is 10.6 Å². The summed E-state index contributed by atoms with van der Waals surface area (Å²) in [6, 6.07) is 14.9. The highest BCUT2D eigenvalue weighted by Gasteiger charge is 2.55. The predicted octanol–water partition coefficient (Wildman–Crippen LogP) is 3.36. The molecule has 0 radical (unpaired) electrons. The first-order valence-corrected chi connectivity index (χ1v) is 10.5. The number of ketones is 1. The molecule has 4 amide bonds. The van der Waals surface area contributed by atoms with Crippen molar-refractivity contribution < 1.29 is 19.2 Å². The number of nitrogens with zero attached hydrogens (tertiary/aromatic N) is 1. The molecule has 160 valence electrons. The van der Waals surface area contributed by atoms with Crippen molar-refractivity contribution in [2.45, 2.75) is 38.1 Å². The number of carbonyl (C=O) groups excluding carboxylic acids is 4. The van der Waals surface area contributed by atoms with Crippen molar-refractivity contribution in [3.05, 3.63) is 65.7 Å². The van der Waals surface area contributed by atoms with E-state index in [4.69, 9.17) is 0 Å². The molecule has 1 saturated heterocycles. The van der Waals surface area contributed by atoms with Crippen LogP contribution in [0.1, 0.15) is 48.5 Å². The highest BCUT2D eigenvalue weighted by atomic mass is 16.2. The minimum Gasteiger partial charge on any atom is -0.324 e. The van der Waals surface area contributed by atoms with Gasteiger partial charge in [0.25, 0.3) is 5.91 Å². The Morgan fingerprint density at radius 3 is 2.52 bits per heavy atom. The maximum atomic E-state index is 13.1. The van der Waals surface area contributed by atoms with Crippen LogP contribution in [0.2, 0.25) is 0 Å². The first-order valence-electron chi connectivity index (χ1n) is 10.5. The minimum absolute atomic E-state index is 0.0231. The molecule has 2 N–H and O–H groups in total. The van der Waals surface area contributed by atoms with E-state index in [9.17, 15) is 19.2 Å². The van der Waals surface area contributed by atoms with Gasteiger partial charge in [-0.1, -0.05) is 62.2 Å². The summed E-state index contributed by atoms with van der Waals surface area (Å²) < 4.78 is 0. The molecular formula is C24H25N3O4. The van der Waals surface area contributed by atoms with Gasteiger partial charge in [-0.15, -0.1) is 0 Å². The fourth-order valence-electron chi connectivity index (χ4n) is 4.51. The molecule has 0 bridgehead atoms. The van der Waals surface area contributed by atoms with Crippen LogP contribution in [0.25, 0.3) is 0 Å². The average Bonchev–Trinajstić information content (AvgIpc) is 3.01. The molecule has 1 aliphatic heterocycles. The molecule has 7 nitrogen and oxygen atoms in total. The largest absolute Gasteiger partial charge is 0.325 e. The second-order valence-electron chi connectivity index (χ2n) is 8.23. The monoisotopic (exact) mass is 419 g/mol. The molecule has 31 heavy (non-hydrogen) atoms. The smallest absolute Gasteiger partial charge is 0.324 e. The predicted molar refractivity (Wildman–Crippen MR) is 116 cm³/mol. The van der Waals surface area contributed by atoms with E-state index in [1.807, 2.05) is 13.0 Å². The van der Waals surface area contributed by atoms with E-state index in [-0.39, 0.29) is 17.6 Å². The topological polar surface area (TPSA) is 95.6 Å². The molecule has 4 rings (SSSR count). The van der Waals surface area contributed by atoms with Crippen LogP contribution in [-0.2, 0) is 9.59 Å². The molecule has 2 aromatic carbocycles. The number of hydrogen-bond donors (Lipinski definition) is 2. The van der Waals surface area contributed by atoms with Gasteiger partial charge < -0.3 is 10.6 Å². The zero-order valence-corrected chi connectivity index (χ0v) is 17.4. The lowest BCUT2D eigenvalue weighted by molar-refractivity contribution is -0.136. The lowest BCUT2D eigenvalue weighted by Gasteiger charge is -2.36.